The summed E-state index contributed by atoms with van der Waals surface area (Å²) in [5, 5.41) is 2.81. The van der Waals surface area contributed by atoms with Crippen LogP contribution in [-0.4, -0.2) is 36.9 Å². The van der Waals surface area contributed by atoms with Gasteiger partial charge in [-0.3, -0.25) is 9.59 Å². The van der Waals surface area contributed by atoms with E-state index in [2.05, 4.69) is 5.32 Å². The maximum absolute atomic E-state index is 12.2. The van der Waals surface area contributed by atoms with Crippen LogP contribution >= 0.6 is 12.4 Å². The van der Waals surface area contributed by atoms with Crippen molar-refractivity contribution < 1.29 is 9.59 Å². The van der Waals surface area contributed by atoms with Crippen LogP contribution < -0.4 is 11.1 Å². The highest BCUT2D eigenvalue weighted by atomic mass is 35.5. The summed E-state index contributed by atoms with van der Waals surface area (Å²) >= 11 is 0. The molecule has 0 bridgehead atoms. The molecule has 0 spiro atoms. The highest BCUT2D eigenvalue weighted by Gasteiger charge is 2.14. The standard InChI is InChI=1S/C19H23N3O2.ClH/c1-22(2)18(23)13-15-8-10-16(11-9-15)21-19(24)17(20)12-14-6-4-3-5-7-14;/h3-11,17H,12-13,20H2,1-2H3,(H,21,24);1H. The quantitative estimate of drug-likeness (QED) is 0.828. The van der Waals surface area contributed by atoms with E-state index in [1.807, 2.05) is 42.5 Å². The maximum Gasteiger partial charge on any atom is 0.241 e. The van der Waals surface area contributed by atoms with Gasteiger partial charge in [-0.2, -0.15) is 0 Å². The highest BCUT2D eigenvalue weighted by Crippen LogP contribution is 2.12. The van der Waals surface area contributed by atoms with Crippen LogP contribution in [0.3, 0.4) is 0 Å². The summed E-state index contributed by atoms with van der Waals surface area (Å²) in [6, 6.07) is 16.3. The van der Waals surface area contributed by atoms with Crippen molar-refractivity contribution in [1.82, 2.24) is 4.90 Å². The smallest absolute Gasteiger partial charge is 0.241 e. The number of carbonyl (C=O) groups excluding carboxylic acids is 2. The number of hydrogen-bond donors (Lipinski definition) is 2. The number of likely N-dealkylation sites (N-methyl/N-ethyl adjacent to an activating group) is 1. The summed E-state index contributed by atoms with van der Waals surface area (Å²) in [5.74, 6) is -0.187. The molecule has 2 amide bonds. The monoisotopic (exact) mass is 361 g/mol. The van der Waals surface area contributed by atoms with Gasteiger partial charge in [-0.05, 0) is 29.7 Å². The molecule has 0 aliphatic carbocycles. The van der Waals surface area contributed by atoms with E-state index in [9.17, 15) is 9.59 Å². The number of hydrogen-bond acceptors (Lipinski definition) is 3. The zero-order chi connectivity index (χ0) is 17.5. The van der Waals surface area contributed by atoms with Gasteiger partial charge in [0.1, 0.15) is 0 Å². The SMILES string of the molecule is CN(C)C(=O)Cc1ccc(NC(=O)C(N)Cc2ccccc2)cc1.Cl. The van der Waals surface area contributed by atoms with Gasteiger partial charge < -0.3 is 16.0 Å². The molecule has 0 aliphatic heterocycles. The van der Waals surface area contributed by atoms with Crippen LogP contribution in [0.5, 0.6) is 0 Å². The Bertz CT molecular complexity index is 688. The van der Waals surface area contributed by atoms with Gasteiger partial charge in [0.15, 0.2) is 0 Å². The number of anilines is 1. The van der Waals surface area contributed by atoms with Crippen molar-refractivity contribution in [3.05, 3.63) is 65.7 Å². The Labute approximate surface area is 154 Å². The molecule has 0 saturated heterocycles. The van der Waals surface area contributed by atoms with Gasteiger partial charge in [0.05, 0.1) is 12.5 Å². The molecule has 2 aromatic carbocycles. The zero-order valence-electron chi connectivity index (χ0n) is 14.4. The zero-order valence-corrected chi connectivity index (χ0v) is 15.3. The number of nitrogens with two attached hydrogens (primary N) is 1. The van der Waals surface area contributed by atoms with Crippen molar-refractivity contribution >= 4 is 29.9 Å². The third kappa shape index (κ3) is 6.57. The average Bonchev–Trinajstić information content (AvgIpc) is 2.57. The molecule has 134 valence electrons. The number of halogens is 1. The van der Waals surface area contributed by atoms with Crippen LogP contribution in [0.2, 0.25) is 0 Å². The first-order valence-corrected chi connectivity index (χ1v) is 7.85. The average molecular weight is 362 g/mol. The first-order valence-electron chi connectivity index (χ1n) is 7.85. The van der Waals surface area contributed by atoms with E-state index in [1.165, 1.54) is 0 Å². The van der Waals surface area contributed by atoms with E-state index >= 15 is 0 Å². The van der Waals surface area contributed by atoms with E-state index in [-0.39, 0.29) is 24.2 Å². The molecule has 3 N–H and O–H groups in total. The van der Waals surface area contributed by atoms with Gasteiger partial charge in [0.2, 0.25) is 11.8 Å². The summed E-state index contributed by atoms with van der Waals surface area (Å²) in [6.45, 7) is 0. The Balaban J connectivity index is 0.00000312. The summed E-state index contributed by atoms with van der Waals surface area (Å²) in [6.07, 6.45) is 0.830. The van der Waals surface area contributed by atoms with E-state index < -0.39 is 6.04 Å². The lowest BCUT2D eigenvalue weighted by molar-refractivity contribution is -0.128. The number of carbonyl (C=O) groups is 2. The third-order valence-corrected chi connectivity index (χ3v) is 3.71. The predicted molar refractivity (Wildman–Crippen MR) is 103 cm³/mol. The van der Waals surface area contributed by atoms with Crippen molar-refractivity contribution in [2.45, 2.75) is 18.9 Å². The molecule has 0 heterocycles. The Kier molecular flexibility index (Phi) is 8.11. The molecule has 1 atom stereocenters. The van der Waals surface area contributed by atoms with Gasteiger partial charge >= 0.3 is 0 Å². The van der Waals surface area contributed by atoms with Crippen LogP contribution in [0, 0.1) is 0 Å². The molecule has 1 unspecified atom stereocenters. The molecule has 2 aromatic rings. The topological polar surface area (TPSA) is 75.4 Å². The summed E-state index contributed by atoms with van der Waals surface area (Å²) in [7, 11) is 3.45. The minimum Gasteiger partial charge on any atom is -0.349 e. The van der Waals surface area contributed by atoms with Crippen LogP contribution in [0.1, 0.15) is 11.1 Å². The number of benzene rings is 2. The molecule has 25 heavy (non-hydrogen) atoms. The fraction of sp³-hybridized carbons (Fsp3) is 0.263. The van der Waals surface area contributed by atoms with Crippen molar-refractivity contribution in [2.75, 3.05) is 19.4 Å². The second-order valence-corrected chi connectivity index (χ2v) is 5.95. The molecule has 0 aliphatic rings. The lowest BCUT2D eigenvalue weighted by atomic mass is 10.1. The third-order valence-electron chi connectivity index (χ3n) is 3.71. The number of rotatable bonds is 6. The lowest BCUT2D eigenvalue weighted by Crippen LogP contribution is -2.37. The van der Waals surface area contributed by atoms with Crippen LogP contribution in [0.15, 0.2) is 54.6 Å². The number of nitrogens with one attached hydrogen (secondary N) is 1. The molecule has 2 rings (SSSR count). The minimum absolute atomic E-state index is 0. The van der Waals surface area contributed by atoms with E-state index in [1.54, 1.807) is 31.1 Å². The normalized spacial score (nSPS) is 11.2. The maximum atomic E-state index is 12.2. The van der Waals surface area contributed by atoms with Crippen LogP contribution in [-0.2, 0) is 22.4 Å². The van der Waals surface area contributed by atoms with Gasteiger partial charge in [0.25, 0.3) is 0 Å². The van der Waals surface area contributed by atoms with Crippen LogP contribution in [0.4, 0.5) is 5.69 Å². The molecule has 0 aromatic heterocycles. The Morgan fingerprint density at radius 2 is 1.60 bits per heavy atom. The van der Waals surface area contributed by atoms with Crippen LogP contribution in [0.25, 0.3) is 0 Å². The fourth-order valence-corrected chi connectivity index (χ4v) is 2.23. The second kappa shape index (κ2) is 9.81. The summed E-state index contributed by atoms with van der Waals surface area (Å²) < 4.78 is 0. The molecule has 5 nitrogen and oxygen atoms in total. The molecule has 0 saturated carbocycles. The van der Waals surface area contributed by atoms with Crippen molar-refractivity contribution in [1.29, 1.82) is 0 Å². The van der Waals surface area contributed by atoms with E-state index in [0.717, 1.165) is 11.1 Å². The molecular weight excluding hydrogens is 338 g/mol. The Morgan fingerprint density at radius 1 is 1.00 bits per heavy atom. The number of amides is 2. The van der Waals surface area contributed by atoms with Crippen molar-refractivity contribution in [2.24, 2.45) is 5.73 Å². The van der Waals surface area contributed by atoms with E-state index in [4.69, 9.17) is 5.73 Å². The van der Waals surface area contributed by atoms with Crippen molar-refractivity contribution in [3.63, 3.8) is 0 Å². The molecule has 6 heteroatoms. The predicted octanol–water partition coefficient (Wildman–Crippen LogP) is 2.25. The van der Waals surface area contributed by atoms with Crippen molar-refractivity contribution in [3.8, 4) is 0 Å². The summed E-state index contributed by atoms with van der Waals surface area (Å²) in [5.41, 5.74) is 8.56. The largest absolute Gasteiger partial charge is 0.349 e. The lowest BCUT2D eigenvalue weighted by Gasteiger charge is -2.13. The molecule has 0 radical (unpaired) electrons. The highest BCUT2D eigenvalue weighted by molar-refractivity contribution is 5.94. The van der Waals surface area contributed by atoms with E-state index in [0.29, 0.717) is 18.5 Å². The number of nitrogens with zero attached hydrogens (tertiary/aromatic N) is 1. The van der Waals surface area contributed by atoms with Gasteiger partial charge in [-0.15, -0.1) is 12.4 Å². The second-order valence-electron chi connectivity index (χ2n) is 5.95. The Morgan fingerprint density at radius 3 is 2.16 bits per heavy atom. The Hall–Kier alpha value is -2.37. The molecule has 0 fully saturated rings. The van der Waals surface area contributed by atoms with Gasteiger partial charge in [-0.25, -0.2) is 0 Å². The summed E-state index contributed by atoms with van der Waals surface area (Å²) in [4.78, 5) is 25.4. The van der Waals surface area contributed by atoms with Gasteiger partial charge in [-0.1, -0.05) is 42.5 Å². The first-order chi connectivity index (χ1) is 11.5. The first kappa shape index (κ1) is 20.7. The molecular formula is C19H24ClN3O2. The van der Waals surface area contributed by atoms with Gasteiger partial charge in [0, 0.05) is 19.8 Å². The fourth-order valence-electron chi connectivity index (χ4n) is 2.23. The minimum atomic E-state index is -0.609.